The van der Waals surface area contributed by atoms with E-state index < -0.39 is 10.0 Å². The zero-order valence-corrected chi connectivity index (χ0v) is 14.6. The summed E-state index contributed by atoms with van der Waals surface area (Å²) in [5, 5.41) is 0.681. The van der Waals surface area contributed by atoms with E-state index in [2.05, 4.69) is 4.98 Å². The quantitative estimate of drug-likeness (QED) is 0.915. The van der Waals surface area contributed by atoms with Crippen LogP contribution in [0.4, 0.5) is 0 Å². The van der Waals surface area contributed by atoms with Gasteiger partial charge in [-0.15, -0.1) is 0 Å². The van der Waals surface area contributed by atoms with Crippen molar-refractivity contribution >= 4 is 20.9 Å². The van der Waals surface area contributed by atoms with Crippen molar-refractivity contribution in [3.05, 3.63) is 36.0 Å². The molecule has 1 saturated heterocycles. The number of piperidine rings is 1. The maximum absolute atomic E-state index is 13.2. The smallest absolute Gasteiger partial charge is 0.243 e. The Hall–Kier alpha value is -1.50. The lowest BCUT2D eigenvalue weighted by Gasteiger charge is -2.41. The number of aromatic nitrogens is 1. The second-order valence-electron chi connectivity index (χ2n) is 7.00. The van der Waals surface area contributed by atoms with Crippen molar-refractivity contribution < 1.29 is 8.42 Å². The van der Waals surface area contributed by atoms with E-state index in [1.807, 2.05) is 32.9 Å². The van der Waals surface area contributed by atoms with E-state index in [0.29, 0.717) is 29.8 Å². The lowest BCUT2D eigenvalue weighted by molar-refractivity contribution is 0.155. The highest BCUT2D eigenvalue weighted by Crippen LogP contribution is 2.33. The summed E-state index contributed by atoms with van der Waals surface area (Å²) in [6.45, 7) is 6.88. The molecule has 1 aliphatic heterocycles. The van der Waals surface area contributed by atoms with Gasteiger partial charge in [-0.05, 0) is 42.5 Å². The van der Waals surface area contributed by atoms with Crippen molar-refractivity contribution in [3.8, 4) is 0 Å². The van der Waals surface area contributed by atoms with E-state index in [-0.39, 0.29) is 11.5 Å². The molecule has 0 radical (unpaired) electrons. The van der Waals surface area contributed by atoms with Crippen LogP contribution in [0.15, 0.2) is 35.4 Å². The van der Waals surface area contributed by atoms with Gasteiger partial charge in [-0.1, -0.05) is 19.9 Å². The maximum Gasteiger partial charge on any atom is 0.243 e. The number of pyridine rings is 1. The number of hydrogen-bond donors (Lipinski definition) is 1. The minimum absolute atomic E-state index is 0.0189. The molecule has 0 bridgehead atoms. The number of sulfonamides is 1. The van der Waals surface area contributed by atoms with Crippen molar-refractivity contribution in [1.29, 1.82) is 0 Å². The Balaban J connectivity index is 2.09. The zero-order valence-electron chi connectivity index (χ0n) is 13.8. The first kappa shape index (κ1) is 16.4. The highest BCUT2D eigenvalue weighted by molar-refractivity contribution is 7.89. The first-order chi connectivity index (χ1) is 10.7. The SMILES string of the molecule is Cc1ccc(S(=O)(=O)N2CCC(N)C(C)(C)C2)c2cccnc12. The van der Waals surface area contributed by atoms with Crippen LogP contribution in [0.2, 0.25) is 0 Å². The number of aryl methyl sites for hydroxylation is 1. The summed E-state index contributed by atoms with van der Waals surface area (Å²) in [7, 11) is -3.56. The van der Waals surface area contributed by atoms with Crippen LogP contribution >= 0.6 is 0 Å². The second-order valence-corrected chi connectivity index (χ2v) is 8.91. The topological polar surface area (TPSA) is 76.3 Å². The van der Waals surface area contributed by atoms with Crippen LogP contribution in [0.1, 0.15) is 25.8 Å². The third-order valence-electron chi connectivity index (χ3n) is 4.83. The predicted octanol–water partition coefficient (Wildman–Crippen LogP) is 2.29. The fourth-order valence-corrected chi connectivity index (χ4v) is 4.99. The van der Waals surface area contributed by atoms with Gasteiger partial charge in [0, 0.05) is 30.7 Å². The lowest BCUT2D eigenvalue weighted by atomic mass is 9.81. The Kier molecular flexibility index (Phi) is 3.94. The van der Waals surface area contributed by atoms with E-state index in [1.165, 1.54) is 0 Å². The summed E-state index contributed by atoms with van der Waals surface area (Å²) < 4.78 is 27.9. The number of nitrogens with zero attached hydrogens (tertiary/aromatic N) is 2. The molecule has 0 amide bonds. The maximum atomic E-state index is 13.2. The Morgan fingerprint density at radius 2 is 2.04 bits per heavy atom. The fraction of sp³-hybridized carbons (Fsp3) is 0.471. The van der Waals surface area contributed by atoms with Crippen molar-refractivity contribution in [3.63, 3.8) is 0 Å². The molecule has 3 rings (SSSR count). The Labute approximate surface area is 137 Å². The number of hydrogen-bond acceptors (Lipinski definition) is 4. The molecule has 124 valence electrons. The molecule has 1 aliphatic rings. The molecule has 1 atom stereocenters. The van der Waals surface area contributed by atoms with Gasteiger partial charge in [0.15, 0.2) is 0 Å². The Morgan fingerprint density at radius 3 is 2.74 bits per heavy atom. The highest BCUT2D eigenvalue weighted by atomic mass is 32.2. The van der Waals surface area contributed by atoms with Crippen molar-refractivity contribution in [2.24, 2.45) is 11.1 Å². The molecule has 0 spiro atoms. The standard InChI is InChI=1S/C17H23N3O2S/c1-12-6-7-14(13-5-4-9-19-16(12)13)23(21,22)20-10-8-15(18)17(2,3)11-20/h4-7,9,15H,8,10-11,18H2,1-3H3. The molecule has 2 aromatic rings. The predicted molar refractivity (Wildman–Crippen MR) is 91.6 cm³/mol. The third-order valence-corrected chi connectivity index (χ3v) is 6.73. The first-order valence-electron chi connectivity index (χ1n) is 7.83. The number of nitrogens with two attached hydrogens (primary N) is 1. The highest BCUT2D eigenvalue weighted by Gasteiger charge is 2.39. The van der Waals surface area contributed by atoms with Crippen LogP contribution < -0.4 is 5.73 Å². The molecule has 1 aromatic heterocycles. The minimum atomic E-state index is -3.56. The summed E-state index contributed by atoms with van der Waals surface area (Å²) in [5.74, 6) is 0. The minimum Gasteiger partial charge on any atom is -0.327 e. The molecule has 1 fully saturated rings. The van der Waals surface area contributed by atoms with Gasteiger partial charge < -0.3 is 5.73 Å². The van der Waals surface area contributed by atoms with E-state index in [0.717, 1.165) is 11.1 Å². The lowest BCUT2D eigenvalue weighted by Crippen LogP contribution is -2.53. The molecular formula is C17H23N3O2S. The van der Waals surface area contributed by atoms with Crippen LogP contribution in [0.5, 0.6) is 0 Å². The monoisotopic (exact) mass is 333 g/mol. The van der Waals surface area contributed by atoms with E-state index >= 15 is 0 Å². The van der Waals surface area contributed by atoms with Gasteiger partial charge in [0.25, 0.3) is 0 Å². The fourth-order valence-electron chi connectivity index (χ4n) is 3.18. The molecule has 1 unspecified atom stereocenters. The summed E-state index contributed by atoms with van der Waals surface area (Å²) in [4.78, 5) is 4.67. The van der Waals surface area contributed by atoms with Gasteiger partial charge in [-0.25, -0.2) is 8.42 Å². The Morgan fingerprint density at radius 1 is 1.30 bits per heavy atom. The van der Waals surface area contributed by atoms with Gasteiger partial charge in [-0.3, -0.25) is 4.98 Å². The second kappa shape index (κ2) is 5.54. The molecule has 2 heterocycles. The molecule has 1 aromatic carbocycles. The number of benzene rings is 1. The summed E-state index contributed by atoms with van der Waals surface area (Å²) in [6.07, 6.45) is 2.36. The van der Waals surface area contributed by atoms with Gasteiger partial charge in [0.2, 0.25) is 10.0 Å². The van der Waals surface area contributed by atoms with Crippen LogP contribution in [0.25, 0.3) is 10.9 Å². The van der Waals surface area contributed by atoms with Gasteiger partial charge in [0.05, 0.1) is 10.4 Å². The molecule has 0 saturated carbocycles. The number of fused-ring (bicyclic) bond motifs is 1. The van der Waals surface area contributed by atoms with E-state index in [9.17, 15) is 8.42 Å². The van der Waals surface area contributed by atoms with Crippen molar-refractivity contribution in [2.75, 3.05) is 13.1 Å². The van der Waals surface area contributed by atoms with E-state index in [1.54, 1.807) is 22.6 Å². The molecule has 5 nitrogen and oxygen atoms in total. The molecule has 2 N–H and O–H groups in total. The molecule has 0 aliphatic carbocycles. The van der Waals surface area contributed by atoms with Gasteiger partial charge >= 0.3 is 0 Å². The summed E-state index contributed by atoms with van der Waals surface area (Å²) in [5.41, 5.74) is 7.61. The van der Waals surface area contributed by atoms with Crippen LogP contribution in [0.3, 0.4) is 0 Å². The number of rotatable bonds is 2. The zero-order chi connectivity index (χ0) is 16.8. The first-order valence-corrected chi connectivity index (χ1v) is 9.27. The average Bonchev–Trinajstić information content (AvgIpc) is 2.50. The van der Waals surface area contributed by atoms with Crippen molar-refractivity contribution in [1.82, 2.24) is 9.29 Å². The Bertz CT molecular complexity index is 846. The van der Waals surface area contributed by atoms with Crippen LogP contribution in [-0.4, -0.2) is 36.8 Å². The van der Waals surface area contributed by atoms with Gasteiger partial charge in [0.1, 0.15) is 0 Å². The van der Waals surface area contributed by atoms with Crippen molar-refractivity contribution in [2.45, 2.75) is 38.1 Å². The van der Waals surface area contributed by atoms with Crippen LogP contribution in [-0.2, 0) is 10.0 Å². The summed E-state index contributed by atoms with van der Waals surface area (Å²) >= 11 is 0. The molecule has 6 heteroatoms. The largest absolute Gasteiger partial charge is 0.327 e. The normalized spacial score (nSPS) is 22.3. The molecular weight excluding hydrogens is 310 g/mol. The average molecular weight is 333 g/mol. The molecule has 23 heavy (non-hydrogen) atoms. The third kappa shape index (κ3) is 2.75. The van der Waals surface area contributed by atoms with Gasteiger partial charge in [-0.2, -0.15) is 4.31 Å². The van der Waals surface area contributed by atoms with Crippen LogP contribution in [0, 0.1) is 12.3 Å². The van der Waals surface area contributed by atoms with E-state index in [4.69, 9.17) is 5.73 Å². The summed E-state index contributed by atoms with van der Waals surface area (Å²) in [6, 6.07) is 7.13.